The van der Waals surface area contributed by atoms with Gasteiger partial charge >= 0.3 is 5.97 Å². The number of rotatable bonds is 7. The van der Waals surface area contributed by atoms with Crippen molar-refractivity contribution in [2.75, 3.05) is 18.1 Å². The van der Waals surface area contributed by atoms with Crippen LogP contribution in [0.25, 0.3) is 5.65 Å². The molecule has 1 unspecified atom stereocenters. The Balaban J connectivity index is 1.67. The molecule has 0 amide bonds. The van der Waals surface area contributed by atoms with Crippen LogP contribution in [-0.2, 0) is 11.2 Å². The highest BCUT2D eigenvalue weighted by molar-refractivity contribution is 5.95. The number of aromatic nitrogens is 5. The molecule has 1 saturated heterocycles. The summed E-state index contributed by atoms with van der Waals surface area (Å²) in [4.78, 5) is 28.1. The molecule has 2 atom stereocenters. The van der Waals surface area contributed by atoms with Crippen molar-refractivity contribution in [1.82, 2.24) is 24.6 Å². The average molecular weight is 409 g/mol. The molecule has 0 aromatic carbocycles. The molecule has 30 heavy (non-hydrogen) atoms. The van der Waals surface area contributed by atoms with Crippen LogP contribution in [0.5, 0.6) is 0 Å². The first kappa shape index (κ1) is 20.2. The molecule has 3 aromatic heterocycles. The van der Waals surface area contributed by atoms with Gasteiger partial charge in [0.25, 0.3) is 0 Å². The summed E-state index contributed by atoms with van der Waals surface area (Å²) in [5.74, 6) is 0.391. The van der Waals surface area contributed by atoms with Crippen molar-refractivity contribution >= 4 is 17.4 Å². The fraction of sp³-hybridized carbons (Fsp3) is 0.476. The Bertz CT molecular complexity index is 1030. The average Bonchev–Trinajstić information content (AvgIpc) is 3.39. The van der Waals surface area contributed by atoms with Crippen molar-refractivity contribution in [3.8, 4) is 0 Å². The molecular formula is C21H27N7O2. The van der Waals surface area contributed by atoms with Gasteiger partial charge in [-0.25, -0.2) is 24.3 Å². The van der Waals surface area contributed by atoms with Gasteiger partial charge in [-0.05, 0) is 45.6 Å². The summed E-state index contributed by atoms with van der Waals surface area (Å²) in [6.07, 6.45) is 10.6. The first-order valence-corrected chi connectivity index (χ1v) is 10.4. The standard InChI is InChI=1S/C21H27N7O2/c1-3-30-21(29)16-12-25-28-10-8-19(26-20(16)28)27-9-4-5-18(27)15-11-23-13-24-17(15)7-6-14(2)22/h8,10-14,18H,3-7,9,22H2,1-2H3/t14-,18?/m1/s1. The SMILES string of the molecule is CCOC(=O)c1cnn2ccc(N3CCCC3c3cncnc3CC[C@@H](C)N)nc12. The Labute approximate surface area is 175 Å². The van der Waals surface area contributed by atoms with E-state index in [0.29, 0.717) is 17.8 Å². The van der Waals surface area contributed by atoms with E-state index in [2.05, 4.69) is 20.0 Å². The van der Waals surface area contributed by atoms with Gasteiger partial charge in [-0.3, -0.25) is 0 Å². The van der Waals surface area contributed by atoms with Crippen LogP contribution in [0.1, 0.15) is 60.8 Å². The molecule has 0 bridgehead atoms. The van der Waals surface area contributed by atoms with Crippen molar-refractivity contribution in [3.63, 3.8) is 0 Å². The van der Waals surface area contributed by atoms with Crippen LogP contribution in [0.4, 0.5) is 5.82 Å². The minimum absolute atomic E-state index is 0.125. The molecule has 0 spiro atoms. The summed E-state index contributed by atoms with van der Waals surface area (Å²) >= 11 is 0. The van der Waals surface area contributed by atoms with E-state index in [9.17, 15) is 4.79 Å². The maximum atomic E-state index is 12.3. The summed E-state index contributed by atoms with van der Waals surface area (Å²) in [6, 6.07) is 2.19. The zero-order chi connectivity index (χ0) is 21.1. The second kappa shape index (κ2) is 8.74. The van der Waals surface area contributed by atoms with Crippen molar-refractivity contribution in [1.29, 1.82) is 0 Å². The van der Waals surface area contributed by atoms with Crippen LogP contribution < -0.4 is 10.6 Å². The fourth-order valence-corrected chi connectivity index (χ4v) is 3.95. The molecule has 1 aliphatic rings. The van der Waals surface area contributed by atoms with E-state index in [1.54, 1.807) is 17.8 Å². The van der Waals surface area contributed by atoms with E-state index in [-0.39, 0.29) is 12.1 Å². The summed E-state index contributed by atoms with van der Waals surface area (Å²) in [5.41, 5.74) is 8.98. The fourth-order valence-electron chi connectivity index (χ4n) is 3.95. The van der Waals surface area contributed by atoms with E-state index >= 15 is 0 Å². The van der Waals surface area contributed by atoms with E-state index in [4.69, 9.17) is 15.5 Å². The van der Waals surface area contributed by atoms with Crippen LogP contribution in [0.15, 0.2) is 31.0 Å². The number of nitrogens with two attached hydrogens (primary N) is 1. The lowest BCUT2D eigenvalue weighted by Crippen LogP contribution is -2.25. The third-order valence-electron chi connectivity index (χ3n) is 5.42. The molecular weight excluding hydrogens is 382 g/mol. The molecule has 1 fully saturated rings. The lowest BCUT2D eigenvalue weighted by atomic mass is 10.0. The molecule has 0 aliphatic carbocycles. The molecule has 2 N–H and O–H groups in total. The Morgan fingerprint density at radius 1 is 1.40 bits per heavy atom. The third kappa shape index (κ3) is 3.97. The predicted octanol–water partition coefficient (Wildman–Crippen LogP) is 2.32. The van der Waals surface area contributed by atoms with Crippen LogP contribution in [0, 0.1) is 0 Å². The third-order valence-corrected chi connectivity index (χ3v) is 5.42. The van der Waals surface area contributed by atoms with Gasteiger partial charge in [-0.15, -0.1) is 0 Å². The molecule has 0 radical (unpaired) electrons. The van der Waals surface area contributed by atoms with Crippen LogP contribution in [0.2, 0.25) is 0 Å². The van der Waals surface area contributed by atoms with Crippen LogP contribution >= 0.6 is 0 Å². The van der Waals surface area contributed by atoms with Crippen molar-refractivity contribution < 1.29 is 9.53 Å². The highest BCUT2D eigenvalue weighted by atomic mass is 16.5. The van der Waals surface area contributed by atoms with Gasteiger partial charge in [0.1, 0.15) is 17.7 Å². The molecule has 0 saturated carbocycles. The van der Waals surface area contributed by atoms with E-state index in [0.717, 1.165) is 49.3 Å². The number of carbonyl (C=O) groups is 1. The number of hydrogen-bond acceptors (Lipinski definition) is 8. The lowest BCUT2D eigenvalue weighted by Gasteiger charge is -2.27. The monoisotopic (exact) mass is 409 g/mol. The first-order valence-electron chi connectivity index (χ1n) is 10.4. The molecule has 9 heteroatoms. The topological polar surface area (TPSA) is 112 Å². The zero-order valence-electron chi connectivity index (χ0n) is 17.4. The summed E-state index contributed by atoms with van der Waals surface area (Å²) in [7, 11) is 0. The molecule has 158 valence electrons. The number of aryl methyl sites for hydroxylation is 1. The van der Waals surface area contributed by atoms with E-state index in [1.165, 1.54) is 6.20 Å². The van der Waals surface area contributed by atoms with Crippen molar-refractivity contribution in [2.45, 2.75) is 51.6 Å². The zero-order valence-corrected chi connectivity index (χ0v) is 17.4. The molecule has 1 aliphatic heterocycles. The summed E-state index contributed by atoms with van der Waals surface area (Å²) in [6.45, 7) is 4.97. The maximum absolute atomic E-state index is 12.3. The summed E-state index contributed by atoms with van der Waals surface area (Å²) < 4.78 is 6.74. The highest BCUT2D eigenvalue weighted by Crippen LogP contribution is 2.36. The van der Waals surface area contributed by atoms with Gasteiger partial charge in [-0.2, -0.15) is 5.10 Å². The molecule has 4 heterocycles. The quantitative estimate of drug-likeness (QED) is 0.592. The normalized spacial score (nSPS) is 17.4. The van der Waals surface area contributed by atoms with Gasteiger partial charge < -0.3 is 15.4 Å². The number of hydrogen-bond donors (Lipinski definition) is 1. The van der Waals surface area contributed by atoms with Crippen LogP contribution in [-0.4, -0.2) is 49.7 Å². The Morgan fingerprint density at radius 3 is 3.07 bits per heavy atom. The highest BCUT2D eigenvalue weighted by Gasteiger charge is 2.30. The number of carbonyl (C=O) groups excluding carboxylic acids is 1. The van der Waals surface area contributed by atoms with Crippen LogP contribution in [0.3, 0.4) is 0 Å². The van der Waals surface area contributed by atoms with Gasteiger partial charge in [0.2, 0.25) is 0 Å². The second-order valence-corrected chi connectivity index (χ2v) is 7.62. The van der Waals surface area contributed by atoms with Gasteiger partial charge in [0.15, 0.2) is 5.65 Å². The minimum atomic E-state index is -0.412. The van der Waals surface area contributed by atoms with Crippen molar-refractivity contribution in [3.05, 3.63) is 47.8 Å². The second-order valence-electron chi connectivity index (χ2n) is 7.62. The Morgan fingerprint density at radius 2 is 2.27 bits per heavy atom. The Hall–Kier alpha value is -3.07. The number of fused-ring (bicyclic) bond motifs is 1. The predicted molar refractivity (Wildman–Crippen MR) is 112 cm³/mol. The van der Waals surface area contributed by atoms with Gasteiger partial charge in [-0.1, -0.05) is 0 Å². The first-order chi connectivity index (χ1) is 14.6. The largest absolute Gasteiger partial charge is 0.462 e. The van der Waals surface area contributed by atoms with Gasteiger partial charge in [0, 0.05) is 36.2 Å². The maximum Gasteiger partial charge on any atom is 0.343 e. The number of ether oxygens (including phenoxy) is 1. The summed E-state index contributed by atoms with van der Waals surface area (Å²) in [5, 5.41) is 4.22. The number of anilines is 1. The number of esters is 1. The van der Waals surface area contributed by atoms with E-state index in [1.807, 2.05) is 25.4 Å². The minimum Gasteiger partial charge on any atom is -0.462 e. The molecule has 3 aromatic rings. The molecule has 9 nitrogen and oxygen atoms in total. The smallest absolute Gasteiger partial charge is 0.343 e. The Kier molecular flexibility index (Phi) is 5.89. The van der Waals surface area contributed by atoms with Crippen molar-refractivity contribution in [2.24, 2.45) is 5.73 Å². The lowest BCUT2D eigenvalue weighted by molar-refractivity contribution is 0.0528. The molecule has 4 rings (SSSR count). The van der Waals surface area contributed by atoms with E-state index < -0.39 is 5.97 Å². The van der Waals surface area contributed by atoms with Gasteiger partial charge in [0.05, 0.1) is 18.8 Å². The number of nitrogens with zero attached hydrogens (tertiary/aromatic N) is 6.